The molecule has 3 aromatic rings. The van der Waals surface area contributed by atoms with Crippen LogP contribution in [-0.2, 0) is 0 Å². The van der Waals surface area contributed by atoms with Crippen LogP contribution < -0.4 is 0 Å². The van der Waals surface area contributed by atoms with E-state index in [1.165, 1.54) is 16.3 Å². The molecule has 1 atom stereocenters. The van der Waals surface area contributed by atoms with Crippen LogP contribution in [0, 0.1) is 0 Å². The fourth-order valence-corrected chi connectivity index (χ4v) is 4.21. The summed E-state index contributed by atoms with van der Waals surface area (Å²) in [6.45, 7) is 3.82. The number of hydrogen-bond donors (Lipinski definition) is 1. The highest BCUT2D eigenvalue weighted by molar-refractivity contribution is 5.96. The molecule has 3 aromatic carbocycles. The van der Waals surface area contributed by atoms with Gasteiger partial charge in [-0.2, -0.15) is 0 Å². The maximum atomic E-state index is 12.5. The summed E-state index contributed by atoms with van der Waals surface area (Å²) in [5.74, 6) is 0.0270. The molecule has 0 radical (unpaired) electrons. The highest BCUT2D eigenvalue weighted by atomic mass is 16.3. The Morgan fingerprint density at radius 2 is 1.61 bits per heavy atom. The molecule has 0 spiro atoms. The van der Waals surface area contributed by atoms with Gasteiger partial charge in [-0.15, -0.1) is 0 Å². The van der Waals surface area contributed by atoms with Gasteiger partial charge in [0.15, 0.2) is 5.78 Å². The Balaban J connectivity index is 1.40. The van der Waals surface area contributed by atoms with E-state index in [2.05, 4.69) is 54.3 Å². The van der Waals surface area contributed by atoms with Gasteiger partial charge in [0.05, 0.1) is 5.60 Å². The van der Waals surface area contributed by atoms with Crippen molar-refractivity contribution in [2.45, 2.75) is 37.8 Å². The summed E-state index contributed by atoms with van der Waals surface area (Å²) in [6, 6.07) is 24.6. The number of carbonyl (C=O) groups excluding carboxylic acids is 1. The van der Waals surface area contributed by atoms with Crippen molar-refractivity contribution >= 4 is 16.6 Å². The van der Waals surface area contributed by atoms with E-state index in [1.54, 1.807) is 0 Å². The fraction of sp³-hybridized carbons (Fsp3) is 0.320. The lowest BCUT2D eigenvalue weighted by Crippen LogP contribution is -2.46. The molecular weight excluding hydrogens is 346 g/mol. The monoisotopic (exact) mass is 373 g/mol. The van der Waals surface area contributed by atoms with E-state index in [9.17, 15) is 9.90 Å². The van der Waals surface area contributed by atoms with Crippen LogP contribution in [0.3, 0.4) is 0 Å². The first-order valence-corrected chi connectivity index (χ1v) is 10.1. The van der Waals surface area contributed by atoms with Gasteiger partial charge < -0.3 is 5.11 Å². The van der Waals surface area contributed by atoms with Crippen LogP contribution in [0.15, 0.2) is 72.8 Å². The molecule has 3 nitrogen and oxygen atoms in total. The highest BCUT2D eigenvalue weighted by Crippen LogP contribution is 2.32. The van der Waals surface area contributed by atoms with E-state index >= 15 is 0 Å². The summed E-state index contributed by atoms with van der Waals surface area (Å²) in [5.41, 5.74) is 1.08. The Morgan fingerprint density at radius 3 is 2.32 bits per heavy atom. The topological polar surface area (TPSA) is 40.5 Å². The molecule has 0 saturated carbocycles. The summed E-state index contributed by atoms with van der Waals surface area (Å²) >= 11 is 0. The maximum Gasteiger partial charge on any atom is 0.165 e. The maximum absolute atomic E-state index is 12.5. The number of carbonyl (C=O) groups is 1. The Labute approximate surface area is 166 Å². The minimum atomic E-state index is -0.896. The molecule has 1 heterocycles. The van der Waals surface area contributed by atoms with Gasteiger partial charge in [0, 0.05) is 31.1 Å². The molecule has 0 bridgehead atoms. The third kappa shape index (κ3) is 4.01. The lowest BCUT2D eigenvalue weighted by atomic mass is 9.84. The Morgan fingerprint density at radius 1 is 0.964 bits per heavy atom. The average molecular weight is 373 g/mol. The Hall–Kier alpha value is -2.49. The van der Waals surface area contributed by atoms with E-state index in [1.807, 2.05) is 30.3 Å². The molecule has 1 aliphatic rings. The number of rotatable bonds is 5. The second kappa shape index (κ2) is 7.86. The van der Waals surface area contributed by atoms with Gasteiger partial charge in [-0.3, -0.25) is 9.69 Å². The first kappa shape index (κ1) is 18.9. The van der Waals surface area contributed by atoms with E-state index in [0.717, 1.165) is 13.1 Å². The van der Waals surface area contributed by atoms with Crippen molar-refractivity contribution in [3.8, 4) is 0 Å². The average Bonchev–Trinajstić information content (AvgIpc) is 2.74. The van der Waals surface area contributed by atoms with Crippen LogP contribution in [0.1, 0.15) is 48.1 Å². The molecule has 4 rings (SSSR count). The molecule has 1 aliphatic heterocycles. The van der Waals surface area contributed by atoms with Crippen LogP contribution >= 0.6 is 0 Å². The Bertz CT molecular complexity index is 958. The second-order valence-electron chi connectivity index (χ2n) is 8.01. The van der Waals surface area contributed by atoms with Crippen LogP contribution in [-0.4, -0.2) is 34.5 Å². The SMILES string of the molecule is CC(c1ccc2ccccc2c1)N1CCC(O)(CC(=O)c2ccccc2)CC1. The van der Waals surface area contributed by atoms with Gasteiger partial charge in [0.25, 0.3) is 0 Å². The van der Waals surface area contributed by atoms with Gasteiger partial charge in [-0.1, -0.05) is 66.7 Å². The molecule has 144 valence electrons. The summed E-state index contributed by atoms with van der Waals surface area (Å²) in [7, 11) is 0. The third-order valence-corrected chi connectivity index (χ3v) is 6.12. The van der Waals surface area contributed by atoms with Crippen molar-refractivity contribution in [3.05, 3.63) is 83.9 Å². The molecular formula is C25H27NO2. The molecule has 3 heteroatoms. The van der Waals surface area contributed by atoms with Gasteiger partial charge in [0.1, 0.15) is 0 Å². The largest absolute Gasteiger partial charge is 0.389 e. The number of Topliss-reactive ketones (excluding diaryl/α,β-unsaturated/α-hetero) is 1. The minimum absolute atomic E-state index is 0.0270. The summed E-state index contributed by atoms with van der Waals surface area (Å²) in [5, 5.41) is 13.5. The molecule has 0 aromatic heterocycles. The van der Waals surface area contributed by atoms with Gasteiger partial charge in [-0.25, -0.2) is 0 Å². The van der Waals surface area contributed by atoms with Crippen molar-refractivity contribution in [3.63, 3.8) is 0 Å². The molecule has 1 unspecified atom stereocenters. The summed E-state index contributed by atoms with van der Waals surface area (Å²) < 4.78 is 0. The fourth-order valence-electron chi connectivity index (χ4n) is 4.21. The zero-order chi connectivity index (χ0) is 19.6. The van der Waals surface area contributed by atoms with E-state index in [-0.39, 0.29) is 12.2 Å². The van der Waals surface area contributed by atoms with E-state index < -0.39 is 5.60 Å². The van der Waals surface area contributed by atoms with Gasteiger partial charge in [0.2, 0.25) is 0 Å². The quantitative estimate of drug-likeness (QED) is 0.640. The number of benzene rings is 3. The van der Waals surface area contributed by atoms with E-state index in [0.29, 0.717) is 24.4 Å². The number of piperidine rings is 1. The van der Waals surface area contributed by atoms with Gasteiger partial charge in [-0.05, 0) is 42.2 Å². The smallest absolute Gasteiger partial charge is 0.165 e. The molecule has 0 aliphatic carbocycles. The lowest BCUT2D eigenvalue weighted by Gasteiger charge is -2.40. The van der Waals surface area contributed by atoms with Gasteiger partial charge >= 0.3 is 0 Å². The number of likely N-dealkylation sites (tertiary alicyclic amines) is 1. The van der Waals surface area contributed by atoms with Crippen LogP contribution in [0.5, 0.6) is 0 Å². The number of hydrogen-bond acceptors (Lipinski definition) is 3. The van der Waals surface area contributed by atoms with Crippen molar-refractivity contribution in [1.29, 1.82) is 0 Å². The molecule has 1 fully saturated rings. The predicted octanol–water partition coefficient (Wildman–Crippen LogP) is 5.00. The zero-order valence-electron chi connectivity index (χ0n) is 16.3. The number of fused-ring (bicyclic) bond motifs is 1. The first-order valence-electron chi connectivity index (χ1n) is 10.1. The summed E-state index contributed by atoms with van der Waals surface area (Å²) in [4.78, 5) is 14.9. The van der Waals surface area contributed by atoms with Crippen molar-refractivity contribution in [2.75, 3.05) is 13.1 Å². The van der Waals surface area contributed by atoms with Crippen molar-refractivity contribution < 1.29 is 9.90 Å². The van der Waals surface area contributed by atoms with Crippen molar-refractivity contribution in [1.82, 2.24) is 4.90 Å². The highest BCUT2D eigenvalue weighted by Gasteiger charge is 2.36. The predicted molar refractivity (Wildman–Crippen MR) is 114 cm³/mol. The minimum Gasteiger partial charge on any atom is -0.389 e. The zero-order valence-corrected chi connectivity index (χ0v) is 16.3. The standard InChI is InChI=1S/C25H27NO2/c1-19(22-12-11-20-7-5-6-10-23(20)17-22)26-15-13-25(28,14-16-26)18-24(27)21-8-3-2-4-9-21/h2-12,17,19,28H,13-16,18H2,1H3. The third-order valence-electron chi connectivity index (χ3n) is 6.12. The Kier molecular flexibility index (Phi) is 5.29. The molecule has 28 heavy (non-hydrogen) atoms. The molecule has 1 N–H and O–H groups in total. The summed E-state index contributed by atoms with van der Waals surface area (Å²) in [6.07, 6.45) is 1.46. The van der Waals surface area contributed by atoms with Crippen LogP contribution in [0.4, 0.5) is 0 Å². The number of nitrogens with zero attached hydrogens (tertiary/aromatic N) is 1. The van der Waals surface area contributed by atoms with Crippen LogP contribution in [0.25, 0.3) is 10.8 Å². The van der Waals surface area contributed by atoms with Crippen molar-refractivity contribution in [2.24, 2.45) is 0 Å². The van der Waals surface area contributed by atoms with Crippen LogP contribution in [0.2, 0.25) is 0 Å². The number of ketones is 1. The lowest BCUT2D eigenvalue weighted by molar-refractivity contribution is -0.0303. The molecule has 0 amide bonds. The number of aliphatic hydroxyl groups is 1. The second-order valence-corrected chi connectivity index (χ2v) is 8.01. The van der Waals surface area contributed by atoms with E-state index in [4.69, 9.17) is 0 Å². The first-order chi connectivity index (χ1) is 13.5. The normalized spacial score (nSPS) is 18.1. The molecule has 1 saturated heterocycles.